The van der Waals surface area contributed by atoms with Crippen LogP contribution in [0.3, 0.4) is 0 Å². The van der Waals surface area contributed by atoms with Crippen molar-refractivity contribution in [3.63, 3.8) is 0 Å². The normalized spacial score (nSPS) is 19.1. The summed E-state index contributed by atoms with van der Waals surface area (Å²) in [5.41, 5.74) is 0. The van der Waals surface area contributed by atoms with Crippen molar-refractivity contribution in [3.05, 3.63) is 0 Å². The van der Waals surface area contributed by atoms with Crippen molar-refractivity contribution >= 4 is 12.0 Å². The minimum Gasteiger partial charge on any atom is -0.447 e. The summed E-state index contributed by atoms with van der Waals surface area (Å²) in [5.74, 6) is -0.0877. The molecule has 1 N–H and O–H groups in total. The molecule has 1 rings (SSSR count). The quantitative estimate of drug-likeness (QED) is 0.790. The van der Waals surface area contributed by atoms with E-state index in [1.54, 1.807) is 25.9 Å². The van der Waals surface area contributed by atoms with Gasteiger partial charge >= 0.3 is 6.09 Å². The lowest BCUT2D eigenvalue weighted by atomic mass is 10.2. The number of hydrogen-bond acceptors (Lipinski definition) is 4. The fourth-order valence-electron chi connectivity index (χ4n) is 2.03. The molecule has 6 nitrogen and oxygen atoms in total. The third-order valence-electron chi connectivity index (χ3n) is 2.78. The minimum absolute atomic E-state index is 0.0221. The summed E-state index contributed by atoms with van der Waals surface area (Å²) in [7, 11) is 1.62. The van der Waals surface area contributed by atoms with E-state index in [0.29, 0.717) is 6.61 Å². The lowest BCUT2D eigenvalue weighted by Gasteiger charge is -2.24. The second-order valence-electron chi connectivity index (χ2n) is 4.65. The summed E-state index contributed by atoms with van der Waals surface area (Å²) in [6.07, 6.45) is 1.20. The molecule has 0 bridgehead atoms. The number of methoxy groups -OCH3 is 1. The van der Waals surface area contributed by atoms with Crippen molar-refractivity contribution in [1.29, 1.82) is 0 Å². The molecule has 0 aliphatic carbocycles. The first-order chi connectivity index (χ1) is 8.54. The first kappa shape index (κ1) is 14.8. The van der Waals surface area contributed by atoms with Crippen molar-refractivity contribution in [1.82, 2.24) is 10.2 Å². The Balaban J connectivity index is 2.33. The van der Waals surface area contributed by atoms with E-state index in [2.05, 4.69) is 5.32 Å². The summed E-state index contributed by atoms with van der Waals surface area (Å²) in [6, 6.07) is 0.130. The average molecular weight is 258 g/mol. The third-order valence-corrected chi connectivity index (χ3v) is 2.78. The molecule has 18 heavy (non-hydrogen) atoms. The molecule has 1 fully saturated rings. The van der Waals surface area contributed by atoms with Crippen LogP contribution in [0.25, 0.3) is 0 Å². The molecule has 1 aliphatic rings. The predicted octanol–water partition coefficient (Wildman–Crippen LogP) is 0.758. The number of carbonyl (C=O) groups is 2. The number of nitrogens with one attached hydrogen (secondary N) is 1. The molecular formula is C12H22N2O4. The Labute approximate surface area is 108 Å². The lowest BCUT2D eigenvalue weighted by molar-refractivity contribution is -0.131. The smallest absolute Gasteiger partial charge is 0.407 e. The predicted molar refractivity (Wildman–Crippen MR) is 66.2 cm³/mol. The van der Waals surface area contributed by atoms with Crippen molar-refractivity contribution in [2.75, 3.05) is 26.8 Å². The van der Waals surface area contributed by atoms with E-state index in [4.69, 9.17) is 9.47 Å². The summed E-state index contributed by atoms with van der Waals surface area (Å²) < 4.78 is 9.97. The Kier molecular flexibility index (Phi) is 5.91. The van der Waals surface area contributed by atoms with Gasteiger partial charge in [0.15, 0.2) is 0 Å². The van der Waals surface area contributed by atoms with Gasteiger partial charge in [-0.15, -0.1) is 0 Å². The van der Waals surface area contributed by atoms with Gasteiger partial charge in [0.25, 0.3) is 0 Å². The van der Waals surface area contributed by atoms with Crippen molar-refractivity contribution in [2.24, 2.45) is 0 Å². The largest absolute Gasteiger partial charge is 0.447 e. The van der Waals surface area contributed by atoms with Crippen LogP contribution in [0, 0.1) is 0 Å². The van der Waals surface area contributed by atoms with Crippen molar-refractivity contribution in [2.45, 2.75) is 38.8 Å². The maximum Gasteiger partial charge on any atom is 0.407 e. The van der Waals surface area contributed by atoms with Gasteiger partial charge < -0.3 is 19.7 Å². The van der Waals surface area contributed by atoms with Crippen LogP contribution in [-0.2, 0) is 14.3 Å². The molecule has 104 valence electrons. The van der Waals surface area contributed by atoms with Crippen LogP contribution in [0.15, 0.2) is 0 Å². The molecule has 0 radical (unpaired) electrons. The molecule has 1 heterocycles. The Hall–Kier alpha value is -1.30. The van der Waals surface area contributed by atoms with Gasteiger partial charge in [0.2, 0.25) is 5.91 Å². The Morgan fingerprint density at radius 2 is 2.17 bits per heavy atom. The number of likely N-dealkylation sites (tertiary alicyclic amines) is 1. The topological polar surface area (TPSA) is 67.9 Å². The summed E-state index contributed by atoms with van der Waals surface area (Å²) in [5, 5.41) is 2.46. The molecule has 0 aromatic heterocycles. The van der Waals surface area contributed by atoms with Crippen LogP contribution in [0.1, 0.15) is 26.7 Å². The van der Waals surface area contributed by atoms with Crippen LogP contribution < -0.4 is 5.32 Å². The molecule has 0 aromatic carbocycles. The molecule has 0 unspecified atom stereocenters. The van der Waals surface area contributed by atoms with Gasteiger partial charge in [0.05, 0.1) is 18.8 Å². The van der Waals surface area contributed by atoms with Gasteiger partial charge in [-0.3, -0.25) is 4.79 Å². The second kappa shape index (κ2) is 7.20. The second-order valence-corrected chi connectivity index (χ2v) is 4.65. The van der Waals surface area contributed by atoms with Crippen LogP contribution in [-0.4, -0.2) is 55.9 Å². The van der Waals surface area contributed by atoms with Gasteiger partial charge in [-0.1, -0.05) is 0 Å². The zero-order chi connectivity index (χ0) is 13.5. The maximum atomic E-state index is 11.9. The third kappa shape index (κ3) is 4.52. The van der Waals surface area contributed by atoms with Gasteiger partial charge in [0, 0.05) is 13.7 Å². The zero-order valence-electron chi connectivity index (χ0n) is 11.3. The standard InChI is InChI=1S/C12H22N2O4/c1-9(2)18-12(16)13-7-11(15)14-6-4-5-10(14)8-17-3/h9-10H,4-8H2,1-3H3,(H,13,16)/t10-/m0/s1. The van der Waals surface area contributed by atoms with E-state index in [1.807, 2.05) is 0 Å². The van der Waals surface area contributed by atoms with Crippen LogP contribution in [0.4, 0.5) is 4.79 Å². The Morgan fingerprint density at radius 1 is 1.44 bits per heavy atom. The number of rotatable bonds is 5. The molecule has 0 aromatic rings. The van der Waals surface area contributed by atoms with Gasteiger partial charge in [-0.2, -0.15) is 0 Å². The van der Waals surface area contributed by atoms with E-state index < -0.39 is 6.09 Å². The fraction of sp³-hybridized carbons (Fsp3) is 0.833. The SMILES string of the molecule is COC[C@@H]1CCCN1C(=O)CNC(=O)OC(C)C. The highest BCUT2D eigenvalue weighted by molar-refractivity contribution is 5.82. The average Bonchev–Trinajstić information content (AvgIpc) is 2.74. The Morgan fingerprint density at radius 3 is 2.78 bits per heavy atom. The monoisotopic (exact) mass is 258 g/mol. The van der Waals surface area contributed by atoms with Gasteiger partial charge in [-0.05, 0) is 26.7 Å². The molecule has 1 saturated heterocycles. The summed E-state index contributed by atoms with van der Waals surface area (Å²) in [6.45, 7) is 4.77. The molecule has 2 amide bonds. The number of amides is 2. The van der Waals surface area contributed by atoms with Gasteiger partial charge in [-0.25, -0.2) is 4.79 Å². The number of nitrogens with zero attached hydrogens (tertiary/aromatic N) is 1. The fourth-order valence-corrected chi connectivity index (χ4v) is 2.03. The molecule has 1 atom stereocenters. The highest BCUT2D eigenvalue weighted by atomic mass is 16.6. The lowest BCUT2D eigenvalue weighted by Crippen LogP contribution is -2.44. The first-order valence-corrected chi connectivity index (χ1v) is 6.27. The highest BCUT2D eigenvalue weighted by Gasteiger charge is 2.28. The molecular weight excluding hydrogens is 236 g/mol. The molecule has 0 saturated carbocycles. The summed E-state index contributed by atoms with van der Waals surface area (Å²) >= 11 is 0. The molecule has 0 spiro atoms. The van der Waals surface area contributed by atoms with Gasteiger partial charge in [0.1, 0.15) is 6.54 Å². The number of hydrogen-bond donors (Lipinski definition) is 1. The van der Waals surface area contributed by atoms with Crippen molar-refractivity contribution < 1.29 is 19.1 Å². The van der Waals surface area contributed by atoms with Crippen LogP contribution >= 0.6 is 0 Å². The molecule has 1 aliphatic heterocycles. The number of ether oxygens (including phenoxy) is 2. The van der Waals surface area contributed by atoms with Crippen LogP contribution in [0.2, 0.25) is 0 Å². The van der Waals surface area contributed by atoms with Crippen molar-refractivity contribution in [3.8, 4) is 0 Å². The maximum absolute atomic E-state index is 11.9. The molecule has 6 heteroatoms. The van der Waals surface area contributed by atoms with E-state index in [1.165, 1.54) is 0 Å². The number of alkyl carbamates (subject to hydrolysis) is 1. The zero-order valence-corrected chi connectivity index (χ0v) is 11.3. The van der Waals surface area contributed by atoms with E-state index in [0.717, 1.165) is 19.4 Å². The Bertz CT molecular complexity index is 294. The summed E-state index contributed by atoms with van der Waals surface area (Å²) in [4.78, 5) is 24.9. The first-order valence-electron chi connectivity index (χ1n) is 6.27. The number of carbonyl (C=O) groups excluding carboxylic acids is 2. The van der Waals surface area contributed by atoms with E-state index in [9.17, 15) is 9.59 Å². The van der Waals surface area contributed by atoms with E-state index >= 15 is 0 Å². The van der Waals surface area contributed by atoms with Crippen LogP contribution in [0.5, 0.6) is 0 Å². The minimum atomic E-state index is -0.555. The highest BCUT2D eigenvalue weighted by Crippen LogP contribution is 2.17. The van der Waals surface area contributed by atoms with E-state index in [-0.39, 0.29) is 24.6 Å².